The second-order valence-electron chi connectivity index (χ2n) is 4.03. The first-order valence-corrected chi connectivity index (χ1v) is 8.22. The summed E-state index contributed by atoms with van der Waals surface area (Å²) >= 11 is 6.25. The Morgan fingerprint density at radius 1 is 0.812 bits per heavy atom. The molecule has 0 bridgehead atoms. The van der Waals surface area contributed by atoms with Crippen molar-refractivity contribution in [2.45, 2.75) is 13.1 Å². The molecule has 2 rings (SSSR count). The summed E-state index contributed by atoms with van der Waals surface area (Å²) in [6.07, 6.45) is 0. The van der Waals surface area contributed by atoms with E-state index in [2.05, 4.69) is 43.4 Å². The van der Waals surface area contributed by atoms with Crippen LogP contribution in [0.1, 0.15) is 0 Å². The zero-order valence-corrected chi connectivity index (χ0v) is 11.3. The molecule has 2 aromatic carbocycles. The van der Waals surface area contributed by atoms with Crippen LogP contribution in [0.15, 0.2) is 48.5 Å². The Bertz CT molecular complexity index is 492. The number of hydrogen-bond donors (Lipinski definition) is 0. The second-order valence-corrected chi connectivity index (χ2v) is 6.97. The highest BCUT2D eigenvalue weighted by atomic mass is 35.5. The van der Waals surface area contributed by atoms with Gasteiger partial charge in [-0.2, -0.15) is 0 Å². The monoisotopic (exact) mass is 245 g/mol. The van der Waals surface area contributed by atoms with Crippen molar-refractivity contribution in [3.05, 3.63) is 53.6 Å². The fourth-order valence-corrected chi connectivity index (χ4v) is 3.26. The molecule has 2 aromatic rings. The maximum absolute atomic E-state index is 6.25. The molecule has 0 N–H and O–H groups in total. The summed E-state index contributed by atoms with van der Waals surface area (Å²) in [6, 6.07) is 16.6. The highest BCUT2D eigenvalue weighted by molar-refractivity contribution is 6.72. The summed E-state index contributed by atoms with van der Waals surface area (Å²) in [5.74, 6) is 0. The summed E-state index contributed by atoms with van der Waals surface area (Å²) in [7, 11) is -0.464. The van der Waals surface area contributed by atoms with Crippen LogP contribution in [-0.2, 0) is 0 Å². The molecular formula is C14H14ClSi. The quantitative estimate of drug-likeness (QED) is 0.703. The van der Waals surface area contributed by atoms with Crippen LogP contribution in [0.5, 0.6) is 0 Å². The zero-order chi connectivity index (χ0) is 11.5. The molecule has 0 amide bonds. The molecule has 2 heteroatoms. The fourth-order valence-electron chi connectivity index (χ4n) is 1.83. The standard InChI is InChI=1S/C14H14ClSi/c1-16(2)14-10-6-4-8-12(14)11-7-3-5-9-13(11)15/h3-10H,1-2H3. The first-order chi connectivity index (χ1) is 7.70. The van der Waals surface area contributed by atoms with E-state index in [1.165, 1.54) is 10.8 Å². The van der Waals surface area contributed by atoms with E-state index in [-0.39, 0.29) is 0 Å². The molecule has 1 radical (unpaired) electrons. The van der Waals surface area contributed by atoms with Gasteiger partial charge in [-0.05, 0) is 11.6 Å². The molecule has 0 aliphatic carbocycles. The molecule has 0 nitrogen and oxygen atoms in total. The Hall–Kier alpha value is -1.05. The fraction of sp³-hybridized carbons (Fsp3) is 0.143. The van der Waals surface area contributed by atoms with Gasteiger partial charge in [0.1, 0.15) is 0 Å². The van der Waals surface area contributed by atoms with Crippen molar-refractivity contribution in [2.24, 2.45) is 0 Å². The van der Waals surface area contributed by atoms with Gasteiger partial charge in [0, 0.05) is 10.6 Å². The molecule has 0 aliphatic rings. The van der Waals surface area contributed by atoms with E-state index >= 15 is 0 Å². The second kappa shape index (κ2) is 4.85. The summed E-state index contributed by atoms with van der Waals surface area (Å²) in [5.41, 5.74) is 2.43. The maximum Gasteiger partial charge on any atom is 0.0799 e. The third kappa shape index (κ3) is 2.21. The molecule has 0 heterocycles. The van der Waals surface area contributed by atoms with Gasteiger partial charge in [-0.3, -0.25) is 0 Å². The van der Waals surface area contributed by atoms with E-state index in [4.69, 9.17) is 11.6 Å². The van der Waals surface area contributed by atoms with Crippen molar-refractivity contribution in [1.29, 1.82) is 0 Å². The average Bonchev–Trinajstić information content (AvgIpc) is 2.29. The van der Waals surface area contributed by atoms with Crippen molar-refractivity contribution in [1.82, 2.24) is 0 Å². The van der Waals surface area contributed by atoms with Gasteiger partial charge >= 0.3 is 0 Å². The lowest BCUT2D eigenvalue weighted by Crippen LogP contribution is -2.24. The summed E-state index contributed by atoms with van der Waals surface area (Å²) in [4.78, 5) is 0. The van der Waals surface area contributed by atoms with Gasteiger partial charge in [-0.15, -0.1) is 0 Å². The lowest BCUT2D eigenvalue weighted by Gasteiger charge is -2.12. The van der Waals surface area contributed by atoms with Gasteiger partial charge in [-0.1, -0.05) is 72.3 Å². The summed E-state index contributed by atoms with van der Waals surface area (Å²) in [6.45, 7) is 4.61. The van der Waals surface area contributed by atoms with Crippen molar-refractivity contribution >= 4 is 25.6 Å². The normalized spacial score (nSPS) is 10.8. The van der Waals surface area contributed by atoms with E-state index in [1.54, 1.807) is 0 Å². The van der Waals surface area contributed by atoms with E-state index < -0.39 is 8.80 Å². The predicted octanol–water partition coefficient (Wildman–Crippen LogP) is 3.97. The van der Waals surface area contributed by atoms with Crippen LogP contribution in [-0.4, -0.2) is 8.80 Å². The summed E-state index contributed by atoms with van der Waals surface area (Å²) in [5, 5.41) is 2.28. The van der Waals surface area contributed by atoms with Crippen LogP contribution < -0.4 is 5.19 Å². The lowest BCUT2D eigenvalue weighted by molar-refractivity contribution is 1.64. The Morgan fingerprint density at radius 3 is 2.00 bits per heavy atom. The third-order valence-electron chi connectivity index (χ3n) is 2.63. The third-order valence-corrected chi connectivity index (χ3v) is 4.47. The Kier molecular flexibility index (Phi) is 3.47. The van der Waals surface area contributed by atoms with Gasteiger partial charge in [0.2, 0.25) is 0 Å². The minimum atomic E-state index is -0.464. The van der Waals surface area contributed by atoms with Crippen LogP contribution in [0.2, 0.25) is 18.1 Å². The number of benzene rings is 2. The SMILES string of the molecule is C[Si](C)c1ccccc1-c1ccccc1Cl. The summed E-state index contributed by atoms with van der Waals surface area (Å²) < 4.78 is 0. The smallest absolute Gasteiger partial charge is 0.0799 e. The van der Waals surface area contributed by atoms with Crippen LogP contribution >= 0.6 is 11.6 Å². The van der Waals surface area contributed by atoms with Gasteiger partial charge in [-0.25, -0.2) is 0 Å². The van der Waals surface area contributed by atoms with Crippen LogP contribution in [0.3, 0.4) is 0 Å². The first kappa shape index (κ1) is 11.4. The largest absolute Gasteiger partial charge is 0.0837 e. The molecule has 81 valence electrons. The molecule has 0 fully saturated rings. The van der Waals surface area contributed by atoms with E-state index in [9.17, 15) is 0 Å². The molecule has 0 saturated heterocycles. The van der Waals surface area contributed by atoms with Gasteiger partial charge in [0.15, 0.2) is 0 Å². The average molecular weight is 246 g/mol. The maximum atomic E-state index is 6.25. The Balaban J connectivity index is 2.60. The molecule has 0 aliphatic heterocycles. The number of rotatable bonds is 2. The van der Waals surface area contributed by atoms with E-state index in [0.717, 1.165) is 10.6 Å². The van der Waals surface area contributed by atoms with Crippen LogP contribution in [0.4, 0.5) is 0 Å². The molecule has 0 atom stereocenters. The molecule has 0 aromatic heterocycles. The minimum absolute atomic E-state index is 0.464. The molecular weight excluding hydrogens is 232 g/mol. The van der Waals surface area contributed by atoms with E-state index in [1.807, 2.05) is 18.2 Å². The molecule has 16 heavy (non-hydrogen) atoms. The number of halogens is 1. The minimum Gasteiger partial charge on any atom is -0.0837 e. The van der Waals surface area contributed by atoms with Gasteiger partial charge < -0.3 is 0 Å². The van der Waals surface area contributed by atoms with Gasteiger partial charge in [0.25, 0.3) is 0 Å². The van der Waals surface area contributed by atoms with Crippen molar-refractivity contribution in [2.75, 3.05) is 0 Å². The number of hydrogen-bond acceptors (Lipinski definition) is 0. The van der Waals surface area contributed by atoms with Crippen molar-refractivity contribution < 1.29 is 0 Å². The van der Waals surface area contributed by atoms with Crippen molar-refractivity contribution in [3.8, 4) is 11.1 Å². The van der Waals surface area contributed by atoms with Gasteiger partial charge in [0.05, 0.1) is 8.80 Å². The van der Waals surface area contributed by atoms with Crippen LogP contribution in [0.25, 0.3) is 11.1 Å². The molecule has 0 unspecified atom stereocenters. The molecule has 0 spiro atoms. The Labute approximate surface area is 103 Å². The van der Waals surface area contributed by atoms with Crippen LogP contribution in [0, 0.1) is 0 Å². The highest BCUT2D eigenvalue weighted by Gasteiger charge is 2.10. The predicted molar refractivity (Wildman–Crippen MR) is 74.0 cm³/mol. The van der Waals surface area contributed by atoms with Crippen molar-refractivity contribution in [3.63, 3.8) is 0 Å². The first-order valence-electron chi connectivity index (χ1n) is 5.34. The molecule has 0 saturated carbocycles. The highest BCUT2D eigenvalue weighted by Crippen LogP contribution is 2.26. The topological polar surface area (TPSA) is 0 Å². The zero-order valence-electron chi connectivity index (χ0n) is 9.50. The lowest BCUT2D eigenvalue weighted by atomic mass is 10.1. The van der Waals surface area contributed by atoms with E-state index in [0.29, 0.717) is 0 Å². The Morgan fingerprint density at radius 2 is 1.38 bits per heavy atom.